The van der Waals surface area contributed by atoms with E-state index in [1.165, 1.54) is 0 Å². The number of hydrogen-bond donors (Lipinski definition) is 1. The summed E-state index contributed by atoms with van der Waals surface area (Å²) >= 11 is 3.62. The summed E-state index contributed by atoms with van der Waals surface area (Å²) in [5.74, 6) is 0.798. The third kappa shape index (κ3) is 4.83. The average molecular weight is 469 g/mol. The highest BCUT2D eigenvalue weighted by Crippen LogP contribution is 2.33. The van der Waals surface area contributed by atoms with E-state index in [4.69, 9.17) is 4.74 Å². The molecule has 1 aliphatic heterocycles. The maximum atomic E-state index is 12.5. The molecule has 0 saturated carbocycles. The van der Waals surface area contributed by atoms with E-state index >= 15 is 0 Å². The van der Waals surface area contributed by atoms with Crippen LogP contribution in [0.2, 0.25) is 0 Å². The van der Waals surface area contributed by atoms with Gasteiger partial charge < -0.3 is 14.7 Å². The van der Waals surface area contributed by atoms with Crippen molar-refractivity contribution in [2.45, 2.75) is 6.10 Å². The number of ether oxygens (including phenoxy) is 1. The van der Waals surface area contributed by atoms with Crippen molar-refractivity contribution in [3.63, 3.8) is 0 Å². The van der Waals surface area contributed by atoms with E-state index in [1.807, 2.05) is 65.6 Å². The van der Waals surface area contributed by atoms with Crippen LogP contribution in [0.4, 0.5) is 0 Å². The molecule has 156 valence electrons. The van der Waals surface area contributed by atoms with Crippen LogP contribution in [0.25, 0.3) is 10.8 Å². The number of piperazine rings is 1. The topological polar surface area (TPSA) is 53.0 Å². The summed E-state index contributed by atoms with van der Waals surface area (Å²) in [4.78, 5) is 16.6. The number of rotatable bonds is 6. The number of aliphatic hydroxyl groups is 1. The van der Waals surface area contributed by atoms with Gasteiger partial charge in [0.2, 0.25) is 0 Å². The molecular weight excluding hydrogens is 444 g/mol. The lowest BCUT2D eigenvalue weighted by molar-refractivity contribution is 0.0403. The molecule has 3 aromatic rings. The van der Waals surface area contributed by atoms with Gasteiger partial charge in [0.15, 0.2) is 0 Å². The molecule has 30 heavy (non-hydrogen) atoms. The third-order valence-corrected chi connectivity index (χ3v) is 6.23. The van der Waals surface area contributed by atoms with Crippen molar-refractivity contribution in [1.29, 1.82) is 0 Å². The highest BCUT2D eigenvalue weighted by Gasteiger charge is 2.23. The first kappa shape index (κ1) is 20.8. The number of fused-ring (bicyclic) bond motifs is 1. The van der Waals surface area contributed by atoms with Gasteiger partial charge in [0, 0.05) is 38.3 Å². The molecule has 0 radical (unpaired) electrons. The molecular formula is C24H25BrN2O3. The Bertz CT molecular complexity index is 1000. The minimum atomic E-state index is -0.597. The fourth-order valence-corrected chi connectivity index (χ4v) is 4.37. The van der Waals surface area contributed by atoms with Gasteiger partial charge in [-0.3, -0.25) is 9.69 Å². The Morgan fingerprint density at radius 2 is 1.67 bits per heavy atom. The number of nitrogens with zero attached hydrogens (tertiary/aromatic N) is 2. The van der Waals surface area contributed by atoms with Crippen LogP contribution in [0.15, 0.2) is 71.2 Å². The van der Waals surface area contributed by atoms with Gasteiger partial charge in [0.05, 0.1) is 4.47 Å². The van der Waals surface area contributed by atoms with Crippen molar-refractivity contribution in [2.24, 2.45) is 0 Å². The summed E-state index contributed by atoms with van der Waals surface area (Å²) in [6, 6.07) is 21.4. The van der Waals surface area contributed by atoms with Crippen molar-refractivity contribution in [1.82, 2.24) is 9.80 Å². The number of carbonyl (C=O) groups is 1. The molecule has 4 rings (SSSR count). The molecule has 6 heteroatoms. The van der Waals surface area contributed by atoms with Crippen LogP contribution in [0, 0.1) is 0 Å². The molecule has 0 aliphatic carbocycles. The Morgan fingerprint density at radius 1 is 0.967 bits per heavy atom. The molecule has 1 saturated heterocycles. The smallest absolute Gasteiger partial charge is 0.253 e. The number of halogens is 1. The predicted molar refractivity (Wildman–Crippen MR) is 122 cm³/mol. The fraction of sp³-hybridized carbons (Fsp3) is 0.292. The van der Waals surface area contributed by atoms with Gasteiger partial charge in [0.1, 0.15) is 18.5 Å². The normalized spacial score (nSPS) is 15.9. The van der Waals surface area contributed by atoms with Crippen LogP contribution in [0.3, 0.4) is 0 Å². The largest absolute Gasteiger partial charge is 0.490 e. The summed E-state index contributed by atoms with van der Waals surface area (Å²) in [6.45, 7) is 3.57. The molecule has 0 spiro atoms. The van der Waals surface area contributed by atoms with E-state index in [9.17, 15) is 9.90 Å². The Labute approximate surface area is 185 Å². The van der Waals surface area contributed by atoms with Crippen LogP contribution >= 0.6 is 15.9 Å². The molecule has 1 aliphatic rings. The van der Waals surface area contributed by atoms with Crippen LogP contribution in [-0.4, -0.2) is 66.2 Å². The zero-order valence-corrected chi connectivity index (χ0v) is 18.3. The van der Waals surface area contributed by atoms with Crippen LogP contribution in [0.5, 0.6) is 5.75 Å². The molecule has 0 unspecified atom stereocenters. The van der Waals surface area contributed by atoms with Crippen molar-refractivity contribution in [3.05, 3.63) is 76.8 Å². The summed E-state index contributed by atoms with van der Waals surface area (Å²) in [7, 11) is 0. The van der Waals surface area contributed by atoms with Crippen LogP contribution in [-0.2, 0) is 0 Å². The zero-order valence-electron chi connectivity index (χ0n) is 16.7. The van der Waals surface area contributed by atoms with E-state index in [0.29, 0.717) is 19.6 Å². The summed E-state index contributed by atoms with van der Waals surface area (Å²) in [5, 5.41) is 12.7. The first-order chi connectivity index (χ1) is 14.6. The summed E-state index contributed by atoms with van der Waals surface area (Å²) < 4.78 is 6.78. The van der Waals surface area contributed by atoms with Gasteiger partial charge in [-0.05, 0) is 44.9 Å². The number of carbonyl (C=O) groups excluding carboxylic acids is 1. The second-order valence-corrected chi connectivity index (χ2v) is 8.32. The highest BCUT2D eigenvalue weighted by atomic mass is 79.9. The predicted octanol–water partition coefficient (Wildman–Crippen LogP) is 3.80. The summed E-state index contributed by atoms with van der Waals surface area (Å²) in [6.07, 6.45) is -0.597. The van der Waals surface area contributed by atoms with Gasteiger partial charge in [-0.1, -0.05) is 48.5 Å². The highest BCUT2D eigenvalue weighted by molar-refractivity contribution is 9.10. The van der Waals surface area contributed by atoms with Crippen molar-refractivity contribution in [3.8, 4) is 5.75 Å². The molecule has 1 amide bonds. The first-order valence-electron chi connectivity index (χ1n) is 10.2. The van der Waals surface area contributed by atoms with Gasteiger partial charge in [-0.25, -0.2) is 0 Å². The fourth-order valence-electron chi connectivity index (χ4n) is 3.76. The van der Waals surface area contributed by atoms with Crippen molar-refractivity contribution < 1.29 is 14.6 Å². The van der Waals surface area contributed by atoms with Gasteiger partial charge >= 0.3 is 0 Å². The minimum Gasteiger partial charge on any atom is -0.490 e. The minimum absolute atomic E-state index is 0.0697. The lowest BCUT2D eigenvalue weighted by Crippen LogP contribution is -2.50. The Morgan fingerprint density at radius 3 is 2.43 bits per heavy atom. The lowest BCUT2D eigenvalue weighted by atomic mass is 10.1. The quantitative estimate of drug-likeness (QED) is 0.597. The average Bonchev–Trinajstić information content (AvgIpc) is 2.79. The molecule has 1 N–H and O–H groups in total. The SMILES string of the molecule is O=C(c1ccccc1)N1CCN(C[C@@H](O)COc2ccc3ccccc3c2Br)CC1. The van der Waals surface area contributed by atoms with Gasteiger partial charge in [-0.2, -0.15) is 0 Å². The van der Waals surface area contributed by atoms with E-state index in [-0.39, 0.29) is 12.5 Å². The van der Waals surface area contributed by atoms with Crippen LogP contribution < -0.4 is 4.74 Å². The maximum Gasteiger partial charge on any atom is 0.253 e. The van der Waals surface area contributed by atoms with Gasteiger partial charge in [0.25, 0.3) is 5.91 Å². The number of β-amino-alcohol motifs (C(OH)–C–C–N with tert-alkyl or cyclic N) is 1. The maximum absolute atomic E-state index is 12.5. The van der Waals surface area contributed by atoms with Crippen molar-refractivity contribution in [2.75, 3.05) is 39.3 Å². The molecule has 0 aromatic heterocycles. The summed E-state index contributed by atoms with van der Waals surface area (Å²) in [5.41, 5.74) is 0.723. The molecule has 3 aromatic carbocycles. The number of benzene rings is 3. The van der Waals surface area contributed by atoms with Gasteiger partial charge in [-0.15, -0.1) is 0 Å². The second kappa shape index (κ2) is 9.60. The number of hydrogen-bond acceptors (Lipinski definition) is 4. The van der Waals surface area contributed by atoms with E-state index in [0.717, 1.165) is 39.6 Å². The molecule has 1 atom stereocenters. The second-order valence-electron chi connectivity index (χ2n) is 7.52. The number of amides is 1. The molecule has 1 fully saturated rings. The Hall–Kier alpha value is -2.41. The monoisotopic (exact) mass is 468 g/mol. The molecule has 5 nitrogen and oxygen atoms in total. The first-order valence-corrected chi connectivity index (χ1v) is 11.0. The van der Waals surface area contributed by atoms with E-state index in [1.54, 1.807) is 0 Å². The Balaban J connectivity index is 1.26. The van der Waals surface area contributed by atoms with E-state index in [2.05, 4.69) is 26.9 Å². The standard InChI is InChI=1S/C24H25BrN2O3/c25-23-21-9-5-4-6-18(21)10-11-22(23)30-17-20(28)16-26-12-14-27(15-13-26)24(29)19-7-2-1-3-8-19/h1-11,20,28H,12-17H2/t20-/m1/s1. The zero-order chi connectivity index (χ0) is 20.9. The third-order valence-electron chi connectivity index (χ3n) is 5.41. The number of aliphatic hydroxyl groups excluding tert-OH is 1. The lowest BCUT2D eigenvalue weighted by Gasteiger charge is -2.35. The molecule has 1 heterocycles. The van der Waals surface area contributed by atoms with Crippen LogP contribution in [0.1, 0.15) is 10.4 Å². The molecule has 0 bridgehead atoms. The van der Waals surface area contributed by atoms with Crippen molar-refractivity contribution >= 4 is 32.6 Å². The van der Waals surface area contributed by atoms with E-state index < -0.39 is 6.10 Å². The Kier molecular flexibility index (Phi) is 6.67.